The van der Waals surface area contributed by atoms with E-state index in [-0.39, 0.29) is 23.2 Å². The predicted octanol–water partition coefficient (Wildman–Crippen LogP) is 0.205. The van der Waals surface area contributed by atoms with E-state index in [1.807, 2.05) is 19.0 Å². The first-order valence-electron chi connectivity index (χ1n) is 6.65. The van der Waals surface area contributed by atoms with Gasteiger partial charge in [-0.1, -0.05) is 0 Å². The monoisotopic (exact) mass is 318 g/mol. The number of nitrogens with one attached hydrogen (secondary N) is 2. The Morgan fingerprint density at radius 3 is 2.76 bits per heavy atom. The summed E-state index contributed by atoms with van der Waals surface area (Å²) < 4.78 is 31.9. The first-order chi connectivity index (χ1) is 9.77. The smallest absolute Gasteiger partial charge is 0.342 e. The third kappa shape index (κ3) is 5.10. The van der Waals surface area contributed by atoms with Crippen molar-refractivity contribution in [2.24, 2.45) is 0 Å². The molecule has 9 heteroatoms. The van der Waals surface area contributed by atoms with E-state index in [1.54, 1.807) is 13.8 Å². The highest BCUT2D eigenvalue weighted by molar-refractivity contribution is 7.89. The second kappa shape index (κ2) is 7.53. The molecule has 0 fully saturated rings. The summed E-state index contributed by atoms with van der Waals surface area (Å²) >= 11 is 0. The van der Waals surface area contributed by atoms with Crippen LogP contribution in [0.25, 0.3) is 0 Å². The molecular formula is C12H22N4O4S. The van der Waals surface area contributed by atoms with E-state index >= 15 is 0 Å². The molecule has 0 aromatic carbocycles. The van der Waals surface area contributed by atoms with E-state index in [1.165, 1.54) is 0 Å². The van der Waals surface area contributed by atoms with E-state index in [9.17, 15) is 13.2 Å². The maximum Gasteiger partial charge on any atom is 0.342 e. The summed E-state index contributed by atoms with van der Waals surface area (Å²) in [5.74, 6) is -0.715. The molecule has 0 saturated heterocycles. The number of esters is 1. The number of carbonyl (C=O) groups excluding carboxylic acids is 1. The van der Waals surface area contributed by atoms with E-state index in [4.69, 9.17) is 4.74 Å². The molecule has 0 aliphatic carbocycles. The number of aromatic amines is 1. The molecule has 1 rings (SSSR count). The van der Waals surface area contributed by atoms with E-state index in [0.29, 0.717) is 6.42 Å². The van der Waals surface area contributed by atoms with Gasteiger partial charge < -0.3 is 9.64 Å². The van der Waals surface area contributed by atoms with Gasteiger partial charge in [0.1, 0.15) is 5.56 Å². The number of ether oxygens (including phenoxy) is 1. The minimum absolute atomic E-state index is 0.0934. The van der Waals surface area contributed by atoms with Crippen LogP contribution in [0.1, 0.15) is 30.6 Å². The summed E-state index contributed by atoms with van der Waals surface area (Å²) in [4.78, 5) is 13.7. The first-order valence-corrected chi connectivity index (χ1v) is 8.13. The SMILES string of the molecule is CCOC(=O)c1cn[nH]c1S(=O)(=O)NC(C)CCN(C)C. The van der Waals surface area contributed by atoms with Gasteiger partial charge in [0.2, 0.25) is 0 Å². The lowest BCUT2D eigenvalue weighted by molar-refractivity contribution is 0.0522. The van der Waals surface area contributed by atoms with Crippen molar-refractivity contribution in [3.05, 3.63) is 11.8 Å². The van der Waals surface area contributed by atoms with Crippen LogP contribution >= 0.6 is 0 Å². The molecule has 8 nitrogen and oxygen atoms in total. The van der Waals surface area contributed by atoms with Crippen LogP contribution in [0.3, 0.4) is 0 Å². The van der Waals surface area contributed by atoms with Crippen molar-refractivity contribution in [1.82, 2.24) is 19.8 Å². The third-order valence-corrected chi connectivity index (χ3v) is 4.30. The maximum absolute atomic E-state index is 12.3. The van der Waals surface area contributed by atoms with Crippen molar-refractivity contribution < 1.29 is 17.9 Å². The minimum Gasteiger partial charge on any atom is -0.462 e. The fraction of sp³-hybridized carbons (Fsp3) is 0.667. The quantitative estimate of drug-likeness (QED) is 0.664. The fourth-order valence-electron chi connectivity index (χ4n) is 1.67. The van der Waals surface area contributed by atoms with Gasteiger partial charge in [-0.05, 0) is 40.9 Å². The van der Waals surface area contributed by atoms with Crippen LogP contribution in [0.2, 0.25) is 0 Å². The molecule has 0 spiro atoms. The molecule has 1 aromatic heterocycles. The molecule has 1 heterocycles. The van der Waals surface area contributed by atoms with Crippen molar-refractivity contribution >= 4 is 16.0 Å². The van der Waals surface area contributed by atoms with Crippen molar-refractivity contribution in [2.75, 3.05) is 27.2 Å². The Bertz CT molecular complexity index is 568. The lowest BCUT2D eigenvalue weighted by atomic mass is 10.2. The van der Waals surface area contributed by atoms with Gasteiger partial charge >= 0.3 is 5.97 Å². The molecular weight excluding hydrogens is 296 g/mol. The topological polar surface area (TPSA) is 104 Å². The van der Waals surface area contributed by atoms with Gasteiger partial charge in [-0.25, -0.2) is 17.9 Å². The molecule has 0 aliphatic heterocycles. The van der Waals surface area contributed by atoms with Crippen molar-refractivity contribution in [3.8, 4) is 0 Å². The largest absolute Gasteiger partial charge is 0.462 e. The van der Waals surface area contributed by atoms with E-state index in [0.717, 1.165) is 12.7 Å². The Morgan fingerprint density at radius 2 is 2.19 bits per heavy atom. The molecule has 0 saturated carbocycles. The number of aromatic nitrogens is 2. The number of nitrogens with zero attached hydrogens (tertiary/aromatic N) is 2. The van der Waals surface area contributed by atoms with E-state index < -0.39 is 16.0 Å². The Balaban J connectivity index is 2.84. The average Bonchev–Trinajstić information content (AvgIpc) is 2.86. The Hall–Kier alpha value is -1.45. The van der Waals surface area contributed by atoms with Gasteiger partial charge in [0.25, 0.3) is 10.0 Å². The second-order valence-electron chi connectivity index (χ2n) is 4.95. The number of rotatable bonds is 8. The second-order valence-corrected chi connectivity index (χ2v) is 6.60. The van der Waals surface area contributed by atoms with Crippen LogP contribution in [0.4, 0.5) is 0 Å². The predicted molar refractivity (Wildman–Crippen MR) is 77.5 cm³/mol. The minimum atomic E-state index is -3.85. The van der Waals surface area contributed by atoms with Gasteiger partial charge in [0.05, 0.1) is 12.8 Å². The van der Waals surface area contributed by atoms with Crippen LogP contribution in [-0.2, 0) is 14.8 Å². The van der Waals surface area contributed by atoms with Crippen LogP contribution in [0.5, 0.6) is 0 Å². The highest BCUT2D eigenvalue weighted by atomic mass is 32.2. The van der Waals surface area contributed by atoms with Gasteiger partial charge in [0.15, 0.2) is 5.03 Å². The Labute approximate surface area is 124 Å². The number of hydrogen-bond donors (Lipinski definition) is 2. The molecule has 1 unspecified atom stereocenters. The normalized spacial score (nSPS) is 13.4. The fourth-order valence-corrected chi connectivity index (χ4v) is 3.03. The van der Waals surface area contributed by atoms with Crippen molar-refractivity contribution in [1.29, 1.82) is 0 Å². The standard InChI is InChI=1S/C12H22N4O4S/c1-5-20-12(17)10-8-13-14-11(10)21(18,19)15-9(2)6-7-16(3)4/h8-9,15H,5-7H2,1-4H3,(H,13,14). The molecule has 0 aliphatic rings. The van der Waals surface area contributed by atoms with Crippen LogP contribution < -0.4 is 4.72 Å². The van der Waals surface area contributed by atoms with E-state index in [2.05, 4.69) is 14.9 Å². The molecule has 21 heavy (non-hydrogen) atoms. The highest BCUT2D eigenvalue weighted by Crippen LogP contribution is 2.14. The zero-order chi connectivity index (χ0) is 16.0. The lowest BCUT2D eigenvalue weighted by Crippen LogP contribution is -2.35. The molecule has 1 atom stereocenters. The van der Waals surface area contributed by atoms with Crippen LogP contribution in [0.15, 0.2) is 11.2 Å². The third-order valence-electron chi connectivity index (χ3n) is 2.73. The summed E-state index contributed by atoms with van der Waals surface area (Å²) in [5, 5.41) is 5.70. The Morgan fingerprint density at radius 1 is 1.52 bits per heavy atom. The first kappa shape index (κ1) is 17.6. The van der Waals surface area contributed by atoms with Crippen LogP contribution in [0, 0.1) is 0 Å². The lowest BCUT2D eigenvalue weighted by Gasteiger charge is -2.16. The number of sulfonamides is 1. The average molecular weight is 318 g/mol. The van der Waals surface area contributed by atoms with Gasteiger partial charge in [-0.3, -0.25) is 5.10 Å². The van der Waals surface area contributed by atoms with Gasteiger partial charge in [-0.2, -0.15) is 5.10 Å². The molecule has 0 bridgehead atoms. The molecule has 0 radical (unpaired) electrons. The molecule has 2 N–H and O–H groups in total. The van der Waals surface area contributed by atoms with Gasteiger partial charge in [-0.15, -0.1) is 0 Å². The zero-order valence-corrected chi connectivity index (χ0v) is 13.5. The maximum atomic E-state index is 12.3. The highest BCUT2D eigenvalue weighted by Gasteiger charge is 2.27. The number of carbonyl (C=O) groups is 1. The Kier molecular flexibility index (Phi) is 6.31. The number of hydrogen-bond acceptors (Lipinski definition) is 6. The molecule has 0 amide bonds. The molecule has 1 aromatic rings. The van der Waals surface area contributed by atoms with Crippen molar-refractivity contribution in [2.45, 2.75) is 31.3 Å². The van der Waals surface area contributed by atoms with Crippen molar-refractivity contribution in [3.63, 3.8) is 0 Å². The summed E-state index contributed by atoms with van der Waals surface area (Å²) in [6.07, 6.45) is 1.80. The summed E-state index contributed by atoms with van der Waals surface area (Å²) in [5.41, 5.74) is -0.0934. The van der Waals surface area contributed by atoms with Gasteiger partial charge in [0, 0.05) is 6.04 Å². The summed E-state index contributed by atoms with van der Waals surface area (Å²) in [7, 11) is -0.0221. The van der Waals surface area contributed by atoms with Crippen LogP contribution in [-0.4, -0.2) is 62.8 Å². The zero-order valence-electron chi connectivity index (χ0n) is 12.7. The molecule has 120 valence electrons. The summed E-state index contributed by atoms with van der Waals surface area (Å²) in [6.45, 7) is 4.32. The summed E-state index contributed by atoms with van der Waals surface area (Å²) in [6, 6.07) is -0.268. The number of H-pyrrole nitrogens is 1.